The lowest BCUT2D eigenvalue weighted by Gasteiger charge is -2.34. The van der Waals surface area contributed by atoms with Crippen LogP contribution in [0.2, 0.25) is 10.0 Å². The van der Waals surface area contributed by atoms with E-state index >= 15 is 0 Å². The first-order valence-electron chi connectivity index (χ1n) is 8.98. The number of benzene rings is 2. The molecule has 0 bridgehead atoms. The van der Waals surface area contributed by atoms with Crippen LogP contribution in [0.3, 0.4) is 0 Å². The fourth-order valence-electron chi connectivity index (χ4n) is 3.54. The molecule has 3 nitrogen and oxygen atoms in total. The Kier molecular flexibility index (Phi) is 6.58. The summed E-state index contributed by atoms with van der Waals surface area (Å²) < 4.78 is 0. The van der Waals surface area contributed by atoms with Crippen molar-refractivity contribution in [1.29, 1.82) is 0 Å². The molecule has 1 fully saturated rings. The lowest BCUT2D eigenvalue weighted by atomic mass is 9.96. The molecule has 0 spiro atoms. The number of nitrogens with zero attached hydrogens (tertiary/aromatic N) is 2. The zero-order valence-corrected chi connectivity index (χ0v) is 16.5. The molecule has 2 aromatic carbocycles. The van der Waals surface area contributed by atoms with Crippen LogP contribution in [-0.2, 0) is 17.9 Å². The van der Waals surface area contributed by atoms with E-state index in [9.17, 15) is 4.79 Å². The SMILES string of the molecule is CN(Cc1ccccc1)C(=O)C1CCCN(Cc2ccc(Cl)c(Cl)c2)C1. The highest BCUT2D eigenvalue weighted by atomic mass is 35.5. The van der Waals surface area contributed by atoms with Gasteiger partial charge in [-0.25, -0.2) is 0 Å². The third-order valence-corrected chi connectivity index (χ3v) is 5.62. The van der Waals surface area contributed by atoms with Crippen molar-refractivity contribution in [2.75, 3.05) is 20.1 Å². The molecule has 1 atom stereocenters. The van der Waals surface area contributed by atoms with Gasteiger partial charge in [0, 0.05) is 26.7 Å². The van der Waals surface area contributed by atoms with Gasteiger partial charge in [-0.15, -0.1) is 0 Å². The Balaban J connectivity index is 1.58. The minimum atomic E-state index is 0.0558. The molecule has 1 saturated heterocycles. The van der Waals surface area contributed by atoms with Gasteiger partial charge in [0.05, 0.1) is 16.0 Å². The second-order valence-electron chi connectivity index (χ2n) is 7.00. The molecule has 0 aromatic heterocycles. The van der Waals surface area contributed by atoms with Crippen LogP contribution in [0, 0.1) is 5.92 Å². The summed E-state index contributed by atoms with van der Waals surface area (Å²) in [6.07, 6.45) is 1.99. The Morgan fingerprint density at radius 3 is 2.62 bits per heavy atom. The number of carbonyl (C=O) groups excluding carboxylic acids is 1. The minimum absolute atomic E-state index is 0.0558. The molecule has 3 rings (SSSR count). The van der Waals surface area contributed by atoms with Crippen molar-refractivity contribution in [1.82, 2.24) is 9.80 Å². The van der Waals surface area contributed by atoms with E-state index in [-0.39, 0.29) is 11.8 Å². The molecule has 1 amide bonds. The quantitative estimate of drug-likeness (QED) is 0.727. The average Bonchev–Trinajstić information content (AvgIpc) is 2.65. The van der Waals surface area contributed by atoms with E-state index in [2.05, 4.69) is 17.0 Å². The van der Waals surface area contributed by atoms with Gasteiger partial charge in [0.1, 0.15) is 0 Å². The van der Waals surface area contributed by atoms with Crippen molar-refractivity contribution in [2.24, 2.45) is 5.92 Å². The molecule has 5 heteroatoms. The van der Waals surface area contributed by atoms with Gasteiger partial charge in [0.2, 0.25) is 5.91 Å². The van der Waals surface area contributed by atoms with Crippen molar-refractivity contribution in [3.63, 3.8) is 0 Å². The first-order chi connectivity index (χ1) is 12.5. The predicted octanol–water partition coefficient (Wildman–Crippen LogP) is 4.86. The fraction of sp³-hybridized carbons (Fsp3) is 0.381. The Hall–Kier alpha value is -1.55. The number of carbonyl (C=O) groups is 1. The third-order valence-electron chi connectivity index (χ3n) is 4.88. The van der Waals surface area contributed by atoms with E-state index in [4.69, 9.17) is 23.2 Å². The molecule has 138 valence electrons. The molecule has 2 aromatic rings. The monoisotopic (exact) mass is 390 g/mol. The maximum atomic E-state index is 12.9. The topological polar surface area (TPSA) is 23.6 Å². The number of hydrogen-bond donors (Lipinski definition) is 0. The van der Waals surface area contributed by atoms with Gasteiger partial charge in [-0.3, -0.25) is 9.69 Å². The first-order valence-corrected chi connectivity index (χ1v) is 9.73. The van der Waals surface area contributed by atoms with E-state index in [1.807, 2.05) is 48.3 Å². The minimum Gasteiger partial charge on any atom is -0.341 e. The molecule has 0 aliphatic carbocycles. The predicted molar refractivity (Wildman–Crippen MR) is 107 cm³/mol. The molecule has 0 radical (unpaired) electrons. The van der Waals surface area contributed by atoms with Crippen LogP contribution in [0.15, 0.2) is 48.5 Å². The summed E-state index contributed by atoms with van der Waals surface area (Å²) in [5, 5.41) is 1.15. The third kappa shape index (κ3) is 5.00. The van der Waals surface area contributed by atoms with Crippen molar-refractivity contribution in [2.45, 2.75) is 25.9 Å². The average molecular weight is 391 g/mol. The van der Waals surface area contributed by atoms with Gasteiger partial charge in [-0.2, -0.15) is 0 Å². The van der Waals surface area contributed by atoms with E-state index in [0.717, 1.165) is 43.6 Å². The number of amides is 1. The summed E-state index contributed by atoms with van der Waals surface area (Å²) in [7, 11) is 1.90. The normalized spacial score (nSPS) is 17.9. The Morgan fingerprint density at radius 2 is 1.88 bits per heavy atom. The number of hydrogen-bond acceptors (Lipinski definition) is 2. The van der Waals surface area contributed by atoms with Gasteiger partial charge >= 0.3 is 0 Å². The van der Waals surface area contributed by atoms with Crippen LogP contribution in [-0.4, -0.2) is 35.8 Å². The zero-order chi connectivity index (χ0) is 18.5. The highest BCUT2D eigenvalue weighted by Gasteiger charge is 2.28. The molecular weight excluding hydrogens is 367 g/mol. The molecule has 1 unspecified atom stereocenters. The van der Waals surface area contributed by atoms with Crippen LogP contribution >= 0.6 is 23.2 Å². The van der Waals surface area contributed by atoms with Gasteiger partial charge in [-0.05, 0) is 42.6 Å². The lowest BCUT2D eigenvalue weighted by Crippen LogP contribution is -2.43. The molecule has 1 heterocycles. The number of halogens is 2. The van der Waals surface area contributed by atoms with Gasteiger partial charge in [0.25, 0.3) is 0 Å². The van der Waals surface area contributed by atoms with Gasteiger partial charge in [-0.1, -0.05) is 59.6 Å². The highest BCUT2D eigenvalue weighted by Crippen LogP contribution is 2.25. The summed E-state index contributed by atoms with van der Waals surface area (Å²) in [6.45, 7) is 3.25. The van der Waals surface area contributed by atoms with E-state index < -0.39 is 0 Å². The summed E-state index contributed by atoms with van der Waals surface area (Å²) in [6, 6.07) is 15.9. The largest absolute Gasteiger partial charge is 0.341 e. The molecule has 0 N–H and O–H groups in total. The second-order valence-corrected chi connectivity index (χ2v) is 7.82. The summed E-state index contributed by atoms with van der Waals surface area (Å²) in [5.41, 5.74) is 2.29. The van der Waals surface area contributed by atoms with Gasteiger partial charge in [0.15, 0.2) is 0 Å². The molecular formula is C21H24Cl2N2O. The van der Waals surface area contributed by atoms with Crippen molar-refractivity contribution >= 4 is 29.1 Å². The van der Waals surface area contributed by atoms with Crippen molar-refractivity contribution in [3.8, 4) is 0 Å². The van der Waals surface area contributed by atoms with Crippen molar-refractivity contribution in [3.05, 3.63) is 69.7 Å². The summed E-state index contributed by atoms with van der Waals surface area (Å²) in [4.78, 5) is 17.0. The molecule has 1 aliphatic rings. The highest BCUT2D eigenvalue weighted by molar-refractivity contribution is 6.42. The molecule has 26 heavy (non-hydrogen) atoms. The number of rotatable bonds is 5. The Morgan fingerprint density at radius 1 is 1.12 bits per heavy atom. The van der Waals surface area contributed by atoms with Crippen LogP contribution in [0.25, 0.3) is 0 Å². The lowest BCUT2D eigenvalue weighted by molar-refractivity contribution is -0.136. The summed E-state index contributed by atoms with van der Waals surface area (Å²) in [5.74, 6) is 0.285. The second kappa shape index (κ2) is 8.90. The standard InChI is InChI=1S/C21H24Cl2N2O/c1-24(13-16-6-3-2-4-7-16)21(26)18-8-5-11-25(15-18)14-17-9-10-19(22)20(23)12-17/h2-4,6-7,9-10,12,18H,5,8,11,13-15H2,1H3. The van der Waals surface area contributed by atoms with Crippen LogP contribution < -0.4 is 0 Å². The number of likely N-dealkylation sites (tertiary alicyclic amines) is 1. The number of piperidine rings is 1. The van der Waals surface area contributed by atoms with Crippen LogP contribution in [0.4, 0.5) is 0 Å². The first kappa shape index (κ1) is 19.2. The molecule has 1 aliphatic heterocycles. The van der Waals surface area contributed by atoms with E-state index in [0.29, 0.717) is 16.6 Å². The zero-order valence-electron chi connectivity index (χ0n) is 15.0. The van der Waals surface area contributed by atoms with Crippen LogP contribution in [0.1, 0.15) is 24.0 Å². The van der Waals surface area contributed by atoms with Crippen molar-refractivity contribution < 1.29 is 4.79 Å². The smallest absolute Gasteiger partial charge is 0.227 e. The maximum absolute atomic E-state index is 12.9. The maximum Gasteiger partial charge on any atom is 0.227 e. The molecule has 0 saturated carbocycles. The van der Waals surface area contributed by atoms with E-state index in [1.165, 1.54) is 0 Å². The summed E-state index contributed by atoms with van der Waals surface area (Å²) >= 11 is 12.1. The Labute approximate surface area is 165 Å². The van der Waals surface area contributed by atoms with E-state index in [1.54, 1.807) is 0 Å². The van der Waals surface area contributed by atoms with Gasteiger partial charge < -0.3 is 4.90 Å². The Bertz CT molecular complexity index is 751. The fourth-order valence-corrected chi connectivity index (χ4v) is 3.86. The van der Waals surface area contributed by atoms with Crippen LogP contribution in [0.5, 0.6) is 0 Å².